The summed E-state index contributed by atoms with van der Waals surface area (Å²) in [5.41, 5.74) is 11.1. The second-order valence-electron chi connectivity index (χ2n) is 9.00. The molecular formula is C22H39N5O8. The first-order chi connectivity index (χ1) is 16.2. The molecule has 200 valence electrons. The summed E-state index contributed by atoms with van der Waals surface area (Å²) in [5.74, 6) is -5.87. The Kier molecular flexibility index (Phi) is 14.2. The van der Waals surface area contributed by atoms with Gasteiger partial charge in [0.2, 0.25) is 23.6 Å². The molecule has 13 heteroatoms. The summed E-state index contributed by atoms with van der Waals surface area (Å²) in [5, 5.41) is 25.5. The summed E-state index contributed by atoms with van der Waals surface area (Å²) in [6.07, 6.45) is -0.530. The minimum absolute atomic E-state index is 0.0552. The Morgan fingerprint density at radius 1 is 0.771 bits per heavy atom. The van der Waals surface area contributed by atoms with Gasteiger partial charge in [-0.05, 0) is 31.1 Å². The summed E-state index contributed by atoms with van der Waals surface area (Å²) in [7, 11) is 0. The predicted octanol–water partition coefficient (Wildman–Crippen LogP) is -0.925. The van der Waals surface area contributed by atoms with E-state index in [0.29, 0.717) is 6.42 Å². The van der Waals surface area contributed by atoms with Gasteiger partial charge < -0.3 is 37.6 Å². The molecule has 0 bridgehead atoms. The monoisotopic (exact) mass is 501 g/mol. The fourth-order valence-corrected chi connectivity index (χ4v) is 3.11. The van der Waals surface area contributed by atoms with Crippen molar-refractivity contribution in [3.05, 3.63) is 0 Å². The number of carbonyl (C=O) groups is 6. The van der Waals surface area contributed by atoms with Crippen LogP contribution in [0.25, 0.3) is 0 Å². The Bertz CT molecular complexity index is 773. The van der Waals surface area contributed by atoms with Gasteiger partial charge in [0.1, 0.15) is 18.1 Å². The average molecular weight is 502 g/mol. The smallest absolute Gasteiger partial charge is 0.326 e. The van der Waals surface area contributed by atoms with Gasteiger partial charge in [0, 0.05) is 12.8 Å². The van der Waals surface area contributed by atoms with Crippen molar-refractivity contribution >= 4 is 35.6 Å². The molecule has 35 heavy (non-hydrogen) atoms. The Morgan fingerprint density at radius 3 is 1.63 bits per heavy atom. The number of carboxylic acids is 2. The molecule has 0 rings (SSSR count). The van der Waals surface area contributed by atoms with E-state index < -0.39 is 66.2 Å². The van der Waals surface area contributed by atoms with Crippen molar-refractivity contribution in [2.24, 2.45) is 23.3 Å². The van der Waals surface area contributed by atoms with Crippen LogP contribution in [0, 0.1) is 11.8 Å². The Hall–Kier alpha value is -3.22. The van der Waals surface area contributed by atoms with E-state index in [1.165, 1.54) is 0 Å². The van der Waals surface area contributed by atoms with Gasteiger partial charge in [-0.2, -0.15) is 0 Å². The molecule has 5 atom stereocenters. The quantitative estimate of drug-likeness (QED) is 0.130. The van der Waals surface area contributed by atoms with Gasteiger partial charge in [0.25, 0.3) is 0 Å². The molecule has 4 amide bonds. The van der Waals surface area contributed by atoms with E-state index in [9.17, 15) is 33.9 Å². The summed E-state index contributed by atoms with van der Waals surface area (Å²) < 4.78 is 0. The van der Waals surface area contributed by atoms with Gasteiger partial charge >= 0.3 is 11.9 Å². The second kappa shape index (κ2) is 15.6. The summed E-state index contributed by atoms with van der Waals surface area (Å²) in [4.78, 5) is 72.0. The number of carbonyl (C=O) groups excluding carboxylic acids is 4. The zero-order chi connectivity index (χ0) is 27.3. The number of nitrogens with two attached hydrogens (primary N) is 2. The molecule has 0 saturated heterocycles. The van der Waals surface area contributed by atoms with E-state index >= 15 is 0 Å². The topological polar surface area (TPSA) is 231 Å². The number of primary amides is 1. The molecule has 0 aliphatic carbocycles. The van der Waals surface area contributed by atoms with E-state index in [1.54, 1.807) is 20.8 Å². The molecule has 0 aromatic rings. The third-order valence-corrected chi connectivity index (χ3v) is 5.47. The van der Waals surface area contributed by atoms with Crippen molar-refractivity contribution < 1.29 is 39.0 Å². The number of aliphatic carboxylic acids is 2. The highest BCUT2D eigenvalue weighted by Crippen LogP contribution is 2.09. The van der Waals surface area contributed by atoms with E-state index in [1.807, 2.05) is 6.92 Å². The molecule has 9 N–H and O–H groups in total. The molecule has 0 saturated carbocycles. The van der Waals surface area contributed by atoms with Crippen LogP contribution in [0.15, 0.2) is 0 Å². The summed E-state index contributed by atoms with van der Waals surface area (Å²) >= 11 is 0. The highest BCUT2D eigenvalue weighted by Gasteiger charge is 2.31. The molecule has 13 nitrogen and oxygen atoms in total. The largest absolute Gasteiger partial charge is 0.481 e. The van der Waals surface area contributed by atoms with E-state index in [2.05, 4.69) is 16.0 Å². The first kappa shape index (κ1) is 31.8. The maximum absolute atomic E-state index is 12.9. The van der Waals surface area contributed by atoms with Crippen LogP contribution < -0.4 is 27.4 Å². The van der Waals surface area contributed by atoms with Crippen LogP contribution in [-0.2, 0) is 28.8 Å². The number of carboxylic acid groups (broad SMARTS) is 2. The SMILES string of the molecule is CCC(C)C(N)C(=O)NC(CCC(=O)O)C(=O)NC(CCC(N)=O)C(=O)NC(CC(C)C)C(=O)O. The molecule has 0 fully saturated rings. The number of amides is 4. The molecule has 0 aromatic heterocycles. The van der Waals surface area contributed by atoms with Crippen LogP contribution in [0.1, 0.15) is 66.2 Å². The molecule has 5 unspecified atom stereocenters. The number of hydrogen-bond acceptors (Lipinski definition) is 7. The van der Waals surface area contributed by atoms with Gasteiger partial charge in [0.15, 0.2) is 0 Å². The van der Waals surface area contributed by atoms with Crippen LogP contribution in [0.4, 0.5) is 0 Å². The highest BCUT2D eigenvalue weighted by molar-refractivity contribution is 5.94. The van der Waals surface area contributed by atoms with Crippen molar-refractivity contribution in [2.45, 2.75) is 90.4 Å². The normalized spacial score (nSPS) is 15.3. The van der Waals surface area contributed by atoms with Gasteiger partial charge in [-0.25, -0.2) is 4.79 Å². The molecule has 0 spiro atoms. The lowest BCUT2D eigenvalue weighted by atomic mass is 9.98. The van der Waals surface area contributed by atoms with Crippen molar-refractivity contribution in [3.63, 3.8) is 0 Å². The number of hydrogen-bond donors (Lipinski definition) is 7. The fraction of sp³-hybridized carbons (Fsp3) is 0.727. The molecule has 0 heterocycles. The number of rotatable bonds is 17. The maximum Gasteiger partial charge on any atom is 0.326 e. The lowest BCUT2D eigenvalue weighted by Crippen LogP contribution is -2.57. The molecule has 0 aromatic carbocycles. The zero-order valence-electron chi connectivity index (χ0n) is 20.7. The average Bonchev–Trinajstić information content (AvgIpc) is 2.76. The van der Waals surface area contributed by atoms with Gasteiger partial charge in [-0.1, -0.05) is 34.1 Å². The van der Waals surface area contributed by atoms with Crippen LogP contribution >= 0.6 is 0 Å². The van der Waals surface area contributed by atoms with Crippen molar-refractivity contribution in [3.8, 4) is 0 Å². The highest BCUT2D eigenvalue weighted by atomic mass is 16.4. The lowest BCUT2D eigenvalue weighted by molar-refractivity contribution is -0.143. The molecule has 0 aliphatic heterocycles. The van der Waals surface area contributed by atoms with E-state index in [-0.39, 0.29) is 37.5 Å². The van der Waals surface area contributed by atoms with Crippen LogP contribution in [-0.4, -0.2) is 69.9 Å². The van der Waals surface area contributed by atoms with Gasteiger partial charge in [0.05, 0.1) is 6.04 Å². The molecule has 0 radical (unpaired) electrons. The lowest BCUT2D eigenvalue weighted by Gasteiger charge is -2.26. The van der Waals surface area contributed by atoms with Crippen LogP contribution in [0.3, 0.4) is 0 Å². The molecule has 0 aliphatic rings. The van der Waals surface area contributed by atoms with Crippen LogP contribution in [0.5, 0.6) is 0 Å². The second-order valence-corrected chi connectivity index (χ2v) is 9.00. The number of nitrogens with one attached hydrogen (secondary N) is 3. The predicted molar refractivity (Wildman–Crippen MR) is 126 cm³/mol. The Balaban J connectivity index is 5.68. The Labute approximate surface area is 204 Å². The standard InChI is InChI=1S/C22H39N5O8/c1-5-12(4)18(24)21(33)26-14(7-9-17(29)30)19(31)25-13(6-8-16(23)28)20(32)27-15(22(34)35)10-11(2)3/h11-15,18H,5-10,24H2,1-4H3,(H2,23,28)(H,25,31)(H,26,33)(H,27,32)(H,29,30)(H,34,35). The van der Waals surface area contributed by atoms with Crippen molar-refractivity contribution in [1.29, 1.82) is 0 Å². The third kappa shape index (κ3) is 12.7. The van der Waals surface area contributed by atoms with Crippen molar-refractivity contribution in [1.82, 2.24) is 16.0 Å². The minimum Gasteiger partial charge on any atom is -0.481 e. The third-order valence-electron chi connectivity index (χ3n) is 5.47. The summed E-state index contributed by atoms with van der Waals surface area (Å²) in [6.45, 7) is 7.12. The Morgan fingerprint density at radius 2 is 1.23 bits per heavy atom. The maximum atomic E-state index is 12.9. The van der Waals surface area contributed by atoms with Crippen molar-refractivity contribution in [2.75, 3.05) is 0 Å². The summed E-state index contributed by atoms with van der Waals surface area (Å²) in [6, 6.07) is -4.85. The minimum atomic E-state index is -1.35. The van der Waals surface area contributed by atoms with E-state index in [0.717, 1.165) is 0 Å². The first-order valence-corrected chi connectivity index (χ1v) is 11.6. The van der Waals surface area contributed by atoms with Gasteiger partial charge in [-0.3, -0.25) is 24.0 Å². The van der Waals surface area contributed by atoms with E-state index in [4.69, 9.17) is 16.6 Å². The van der Waals surface area contributed by atoms with Gasteiger partial charge in [-0.15, -0.1) is 0 Å². The fourth-order valence-electron chi connectivity index (χ4n) is 3.11. The first-order valence-electron chi connectivity index (χ1n) is 11.6. The molecular weight excluding hydrogens is 462 g/mol. The van der Waals surface area contributed by atoms with Crippen LogP contribution in [0.2, 0.25) is 0 Å². The zero-order valence-corrected chi connectivity index (χ0v) is 20.7.